The first kappa shape index (κ1) is 16.0. The van der Waals surface area contributed by atoms with E-state index in [4.69, 9.17) is 4.74 Å². The lowest BCUT2D eigenvalue weighted by molar-refractivity contribution is 0.0292. The number of ether oxygens (including phenoxy) is 1. The maximum atomic E-state index is 13.0. The number of aromatic nitrogens is 2. The van der Waals surface area contributed by atoms with E-state index < -0.39 is 10.0 Å². The number of hydrogen-bond acceptors (Lipinski definition) is 4. The molecule has 3 atom stereocenters. The molecule has 22 heavy (non-hydrogen) atoms. The molecule has 2 aliphatic rings. The summed E-state index contributed by atoms with van der Waals surface area (Å²) >= 11 is 0. The minimum absolute atomic E-state index is 0.0328. The van der Waals surface area contributed by atoms with Crippen LogP contribution >= 0.6 is 0 Å². The predicted octanol–water partition coefficient (Wildman–Crippen LogP) is 1.55. The van der Waals surface area contributed by atoms with E-state index in [1.165, 1.54) is 0 Å². The molecule has 124 valence electrons. The standard InChI is InChI=1S/C15H25N3O3S/c1-12-10-15(5-9-21-12)22(19,20)18-7-3-4-14(18)11-17-8-6-16-13(17)2/h6,8,12,14-15H,3-5,7,9-11H2,1-2H3. The van der Waals surface area contributed by atoms with Crippen LogP contribution in [0.5, 0.6) is 0 Å². The van der Waals surface area contributed by atoms with E-state index in [1.54, 1.807) is 10.5 Å². The van der Waals surface area contributed by atoms with Crippen LogP contribution in [0, 0.1) is 6.92 Å². The molecule has 3 unspecified atom stereocenters. The van der Waals surface area contributed by atoms with Crippen LogP contribution in [-0.4, -0.2) is 52.8 Å². The predicted molar refractivity (Wildman–Crippen MR) is 84.0 cm³/mol. The highest BCUT2D eigenvalue weighted by Gasteiger charge is 2.41. The lowest BCUT2D eigenvalue weighted by Gasteiger charge is -2.33. The van der Waals surface area contributed by atoms with Gasteiger partial charge in [-0.3, -0.25) is 0 Å². The van der Waals surface area contributed by atoms with Crippen molar-refractivity contribution in [2.24, 2.45) is 0 Å². The van der Waals surface area contributed by atoms with Crippen molar-refractivity contribution in [3.05, 3.63) is 18.2 Å². The van der Waals surface area contributed by atoms with E-state index in [2.05, 4.69) is 4.98 Å². The Labute approximate surface area is 132 Å². The van der Waals surface area contributed by atoms with Gasteiger partial charge in [0.1, 0.15) is 5.82 Å². The third kappa shape index (κ3) is 3.07. The van der Waals surface area contributed by atoms with Crippen LogP contribution in [0.4, 0.5) is 0 Å². The number of aryl methyl sites for hydroxylation is 1. The molecule has 0 saturated carbocycles. The second kappa shape index (κ2) is 6.29. The van der Waals surface area contributed by atoms with Crippen LogP contribution in [0.3, 0.4) is 0 Å². The Balaban J connectivity index is 1.75. The fourth-order valence-corrected chi connectivity index (χ4v) is 5.83. The van der Waals surface area contributed by atoms with Crippen molar-refractivity contribution in [1.29, 1.82) is 0 Å². The van der Waals surface area contributed by atoms with E-state index in [1.807, 2.05) is 24.6 Å². The Morgan fingerprint density at radius 1 is 1.41 bits per heavy atom. The fraction of sp³-hybridized carbons (Fsp3) is 0.800. The smallest absolute Gasteiger partial charge is 0.217 e. The molecule has 7 heteroatoms. The monoisotopic (exact) mass is 327 g/mol. The normalized spacial score (nSPS) is 30.7. The van der Waals surface area contributed by atoms with Gasteiger partial charge in [0, 0.05) is 38.1 Å². The molecule has 0 aromatic carbocycles. The summed E-state index contributed by atoms with van der Waals surface area (Å²) in [6.45, 7) is 5.80. The topological polar surface area (TPSA) is 64.4 Å². The molecule has 0 amide bonds. The quantitative estimate of drug-likeness (QED) is 0.842. The van der Waals surface area contributed by atoms with Gasteiger partial charge in [0.2, 0.25) is 10.0 Å². The molecule has 1 aromatic heterocycles. The Hall–Kier alpha value is -0.920. The Bertz CT molecular complexity index is 613. The second-order valence-electron chi connectivity index (χ2n) is 6.41. The lowest BCUT2D eigenvalue weighted by Crippen LogP contribution is -2.46. The van der Waals surface area contributed by atoms with Gasteiger partial charge in [0.25, 0.3) is 0 Å². The molecular formula is C15H25N3O3S. The minimum atomic E-state index is -3.24. The number of imidazole rings is 1. The van der Waals surface area contributed by atoms with Gasteiger partial charge in [0.15, 0.2) is 0 Å². The molecule has 0 aliphatic carbocycles. The van der Waals surface area contributed by atoms with Crippen molar-refractivity contribution in [2.75, 3.05) is 13.2 Å². The average molecular weight is 327 g/mol. The minimum Gasteiger partial charge on any atom is -0.378 e. The fourth-order valence-electron chi connectivity index (χ4n) is 3.57. The van der Waals surface area contributed by atoms with Gasteiger partial charge in [-0.05, 0) is 39.5 Å². The first-order chi connectivity index (χ1) is 10.5. The first-order valence-corrected chi connectivity index (χ1v) is 9.59. The van der Waals surface area contributed by atoms with Crippen molar-refractivity contribution in [3.63, 3.8) is 0 Å². The van der Waals surface area contributed by atoms with Crippen molar-refractivity contribution < 1.29 is 13.2 Å². The Morgan fingerprint density at radius 3 is 2.91 bits per heavy atom. The molecule has 0 N–H and O–H groups in total. The summed E-state index contributed by atoms with van der Waals surface area (Å²) in [5.74, 6) is 0.934. The molecule has 3 rings (SSSR count). The van der Waals surface area contributed by atoms with Crippen molar-refractivity contribution in [3.8, 4) is 0 Å². The largest absolute Gasteiger partial charge is 0.378 e. The molecule has 2 fully saturated rings. The number of sulfonamides is 1. The van der Waals surface area contributed by atoms with E-state index in [-0.39, 0.29) is 17.4 Å². The van der Waals surface area contributed by atoms with Crippen molar-refractivity contribution in [1.82, 2.24) is 13.9 Å². The lowest BCUT2D eigenvalue weighted by atomic mass is 10.1. The van der Waals surface area contributed by atoms with Gasteiger partial charge >= 0.3 is 0 Å². The van der Waals surface area contributed by atoms with Crippen LogP contribution in [0.25, 0.3) is 0 Å². The molecule has 3 heterocycles. The zero-order valence-electron chi connectivity index (χ0n) is 13.3. The number of rotatable bonds is 4. The third-order valence-electron chi connectivity index (χ3n) is 4.84. The zero-order valence-corrected chi connectivity index (χ0v) is 14.1. The van der Waals surface area contributed by atoms with Crippen molar-refractivity contribution >= 4 is 10.0 Å². The average Bonchev–Trinajstić information content (AvgIpc) is 3.10. The maximum Gasteiger partial charge on any atom is 0.217 e. The molecule has 0 spiro atoms. The third-order valence-corrected chi connectivity index (χ3v) is 7.24. The van der Waals surface area contributed by atoms with Gasteiger partial charge < -0.3 is 9.30 Å². The van der Waals surface area contributed by atoms with Crippen LogP contribution in [0.1, 0.15) is 38.4 Å². The highest BCUT2D eigenvalue weighted by atomic mass is 32.2. The zero-order chi connectivity index (χ0) is 15.7. The van der Waals surface area contributed by atoms with E-state index in [0.29, 0.717) is 32.5 Å². The van der Waals surface area contributed by atoms with Crippen LogP contribution in [0.15, 0.2) is 12.4 Å². The first-order valence-electron chi connectivity index (χ1n) is 8.08. The van der Waals surface area contributed by atoms with E-state index >= 15 is 0 Å². The summed E-state index contributed by atoms with van der Waals surface area (Å²) in [5, 5.41) is -0.291. The Kier molecular flexibility index (Phi) is 4.56. The van der Waals surface area contributed by atoms with Gasteiger partial charge in [0.05, 0.1) is 11.4 Å². The highest BCUT2D eigenvalue weighted by molar-refractivity contribution is 7.89. The van der Waals surface area contributed by atoms with Gasteiger partial charge in [-0.15, -0.1) is 0 Å². The van der Waals surface area contributed by atoms with E-state index in [0.717, 1.165) is 18.7 Å². The summed E-state index contributed by atoms with van der Waals surface area (Å²) in [6.07, 6.45) is 6.81. The SMILES string of the molecule is Cc1nccn1CC1CCCN1S(=O)(=O)C1CCOC(C)C1. The van der Waals surface area contributed by atoms with Crippen LogP contribution in [0.2, 0.25) is 0 Å². The van der Waals surface area contributed by atoms with E-state index in [9.17, 15) is 8.42 Å². The summed E-state index contributed by atoms with van der Waals surface area (Å²) in [5.41, 5.74) is 0. The second-order valence-corrected chi connectivity index (χ2v) is 8.57. The summed E-state index contributed by atoms with van der Waals surface area (Å²) in [4.78, 5) is 4.22. The van der Waals surface area contributed by atoms with Gasteiger partial charge in [-0.2, -0.15) is 4.31 Å². The highest BCUT2D eigenvalue weighted by Crippen LogP contribution is 2.30. The molecular weight excluding hydrogens is 302 g/mol. The molecule has 0 radical (unpaired) electrons. The summed E-state index contributed by atoms with van der Waals surface area (Å²) < 4.78 is 35.3. The van der Waals surface area contributed by atoms with Crippen molar-refractivity contribution in [2.45, 2.75) is 63.5 Å². The summed E-state index contributed by atoms with van der Waals surface area (Å²) in [6, 6.07) is 0.0519. The van der Waals surface area contributed by atoms with Crippen LogP contribution in [-0.2, 0) is 21.3 Å². The van der Waals surface area contributed by atoms with Gasteiger partial charge in [-0.25, -0.2) is 13.4 Å². The number of hydrogen-bond donors (Lipinski definition) is 0. The molecule has 2 saturated heterocycles. The Morgan fingerprint density at radius 2 is 2.23 bits per heavy atom. The van der Waals surface area contributed by atoms with Crippen LogP contribution < -0.4 is 0 Å². The summed E-state index contributed by atoms with van der Waals surface area (Å²) in [7, 11) is -3.24. The maximum absolute atomic E-state index is 13.0. The molecule has 6 nitrogen and oxygen atoms in total. The molecule has 0 bridgehead atoms. The number of nitrogens with zero attached hydrogens (tertiary/aromatic N) is 3. The molecule has 1 aromatic rings. The molecule has 2 aliphatic heterocycles. The van der Waals surface area contributed by atoms with Gasteiger partial charge in [-0.1, -0.05) is 0 Å².